The monoisotopic (exact) mass is 282 g/mol. The van der Waals surface area contributed by atoms with Crippen molar-refractivity contribution in [2.75, 3.05) is 32.5 Å². The number of aromatic nitrogens is 1. The van der Waals surface area contributed by atoms with E-state index in [0.29, 0.717) is 18.4 Å². The van der Waals surface area contributed by atoms with Gasteiger partial charge in [0.1, 0.15) is 11.6 Å². The number of pyridine rings is 1. The van der Waals surface area contributed by atoms with Gasteiger partial charge in [0.05, 0.1) is 11.8 Å². The van der Waals surface area contributed by atoms with E-state index in [4.69, 9.17) is 0 Å². The molecule has 1 rings (SSSR count). The van der Waals surface area contributed by atoms with E-state index in [0.717, 1.165) is 19.2 Å². The van der Waals surface area contributed by atoms with Crippen molar-refractivity contribution in [1.29, 1.82) is 0 Å². The van der Waals surface area contributed by atoms with Crippen LogP contribution in [0.15, 0.2) is 12.3 Å². The molecule has 1 amide bonds. The zero-order chi connectivity index (χ0) is 15.1. The molecule has 0 fully saturated rings. The zero-order valence-corrected chi connectivity index (χ0v) is 12.5. The second-order valence-electron chi connectivity index (χ2n) is 4.79. The summed E-state index contributed by atoms with van der Waals surface area (Å²) in [5, 5.41) is 5.56. The summed E-state index contributed by atoms with van der Waals surface area (Å²) in [7, 11) is 3.66. The standard InChI is InChI=1S/C14H23FN4O/c1-5-10(2)19(4)7-6-17-14(20)12-8-11(15)9-18-13(12)16-3/h8-10H,5-7H2,1-4H3,(H,16,18)(H,17,20). The quantitative estimate of drug-likeness (QED) is 0.799. The number of carbonyl (C=O) groups excluding carboxylic acids is 1. The molecule has 2 N–H and O–H groups in total. The van der Waals surface area contributed by atoms with Crippen LogP contribution in [0.4, 0.5) is 10.2 Å². The Morgan fingerprint density at radius 3 is 2.85 bits per heavy atom. The molecule has 0 aliphatic carbocycles. The van der Waals surface area contributed by atoms with Crippen molar-refractivity contribution in [3.63, 3.8) is 0 Å². The summed E-state index contributed by atoms with van der Waals surface area (Å²) in [5.41, 5.74) is 0.221. The predicted molar refractivity (Wildman–Crippen MR) is 78.5 cm³/mol. The van der Waals surface area contributed by atoms with Crippen LogP contribution < -0.4 is 10.6 Å². The van der Waals surface area contributed by atoms with E-state index < -0.39 is 5.82 Å². The molecule has 5 nitrogen and oxygen atoms in total. The summed E-state index contributed by atoms with van der Waals surface area (Å²) in [6.07, 6.45) is 2.14. The van der Waals surface area contributed by atoms with Gasteiger partial charge in [-0.15, -0.1) is 0 Å². The van der Waals surface area contributed by atoms with Crippen LogP contribution in [-0.4, -0.2) is 49.0 Å². The van der Waals surface area contributed by atoms with Crippen molar-refractivity contribution in [3.05, 3.63) is 23.6 Å². The number of rotatable bonds is 7. The molecule has 0 aliphatic heterocycles. The van der Waals surface area contributed by atoms with Crippen LogP contribution in [0.1, 0.15) is 30.6 Å². The minimum absolute atomic E-state index is 0.221. The summed E-state index contributed by atoms with van der Waals surface area (Å²) >= 11 is 0. The number of nitrogens with one attached hydrogen (secondary N) is 2. The Morgan fingerprint density at radius 2 is 2.25 bits per heavy atom. The van der Waals surface area contributed by atoms with Crippen molar-refractivity contribution in [2.45, 2.75) is 26.3 Å². The molecule has 112 valence electrons. The Bertz CT molecular complexity index is 453. The Balaban J connectivity index is 2.57. The van der Waals surface area contributed by atoms with Gasteiger partial charge in [-0.1, -0.05) is 6.92 Å². The summed E-state index contributed by atoms with van der Waals surface area (Å²) in [6.45, 7) is 5.52. The number of carbonyl (C=O) groups is 1. The van der Waals surface area contributed by atoms with Crippen molar-refractivity contribution < 1.29 is 9.18 Å². The van der Waals surface area contributed by atoms with E-state index >= 15 is 0 Å². The minimum atomic E-state index is -0.522. The first-order valence-corrected chi connectivity index (χ1v) is 6.81. The van der Waals surface area contributed by atoms with Crippen LogP contribution in [0.3, 0.4) is 0 Å². The van der Waals surface area contributed by atoms with Crippen molar-refractivity contribution in [1.82, 2.24) is 15.2 Å². The average Bonchev–Trinajstić information content (AvgIpc) is 2.45. The molecule has 0 saturated heterocycles. The van der Waals surface area contributed by atoms with Gasteiger partial charge in [-0.2, -0.15) is 0 Å². The molecular weight excluding hydrogens is 259 g/mol. The van der Waals surface area contributed by atoms with E-state index in [-0.39, 0.29) is 11.5 Å². The second kappa shape index (κ2) is 7.79. The van der Waals surface area contributed by atoms with E-state index in [1.165, 1.54) is 6.07 Å². The van der Waals surface area contributed by atoms with Crippen molar-refractivity contribution in [3.8, 4) is 0 Å². The van der Waals surface area contributed by atoms with Gasteiger partial charge in [0.25, 0.3) is 5.91 Å². The van der Waals surface area contributed by atoms with E-state index in [2.05, 4.69) is 34.4 Å². The molecule has 20 heavy (non-hydrogen) atoms. The molecule has 0 bridgehead atoms. The zero-order valence-electron chi connectivity index (χ0n) is 12.5. The molecule has 0 aliphatic rings. The maximum Gasteiger partial charge on any atom is 0.255 e. The Labute approximate surface area is 119 Å². The molecule has 1 aromatic rings. The van der Waals surface area contributed by atoms with Gasteiger partial charge in [0.2, 0.25) is 0 Å². The number of likely N-dealkylation sites (N-methyl/N-ethyl adjacent to an activating group) is 1. The Morgan fingerprint density at radius 1 is 1.55 bits per heavy atom. The average molecular weight is 282 g/mol. The van der Waals surface area contributed by atoms with Crippen LogP contribution in [0.25, 0.3) is 0 Å². The number of hydrogen-bond acceptors (Lipinski definition) is 4. The Hall–Kier alpha value is -1.69. The van der Waals surface area contributed by atoms with Crippen LogP contribution >= 0.6 is 0 Å². The van der Waals surface area contributed by atoms with Gasteiger partial charge in [0, 0.05) is 26.2 Å². The van der Waals surface area contributed by atoms with Crippen molar-refractivity contribution >= 4 is 11.7 Å². The number of hydrogen-bond donors (Lipinski definition) is 2. The maximum atomic E-state index is 13.2. The topological polar surface area (TPSA) is 57.3 Å². The highest BCUT2D eigenvalue weighted by molar-refractivity contribution is 5.98. The summed E-state index contributed by atoms with van der Waals surface area (Å²) in [4.78, 5) is 18.0. The number of nitrogens with zero attached hydrogens (tertiary/aromatic N) is 2. The maximum absolute atomic E-state index is 13.2. The van der Waals surface area contributed by atoms with E-state index in [1.54, 1.807) is 7.05 Å². The van der Waals surface area contributed by atoms with Gasteiger partial charge in [-0.3, -0.25) is 4.79 Å². The van der Waals surface area contributed by atoms with Gasteiger partial charge < -0.3 is 15.5 Å². The fourth-order valence-corrected chi connectivity index (χ4v) is 1.78. The summed E-state index contributed by atoms with van der Waals surface area (Å²) in [5.74, 6) is -0.469. The first kappa shape index (κ1) is 16.4. The fraction of sp³-hybridized carbons (Fsp3) is 0.571. The van der Waals surface area contributed by atoms with Crippen LogP contribution in [0.2, 0.25) is 0 Å². The Kier molecular flexibility index (Phi) is 6.38. The molecule has 1 unspecified atom stereocenters. The third-order valence-electron chi connectivity index (χ3n) is 3.43. The largest absolute Gasteiger partial charge is 0.372 e. The van der Waals surface area contributed by atoms with Gasteiger partial charge in [0.15, 0.2) is 0 Å². The lowest BCUT2D eigenvalue weighted by Crippen LogP contribution is -2.37. The normalized spacial score (nSPS) is 12.3. The van der Waals surface area contributed by atoms with Crippen LogP contribution in [0, 0.1) is 5.82 Å². The predicted octanol–water partition coefficient (Wildman–Crippen LogP) is 1.72. The minimum Gasteiger partial charge on any atom is -0.372 e. The summed E-state index contributed by atoms with van der Waals surface area (Å²) in [6, 6.07) is 1.66. The molecule has 1 atom stereocenters. The third-order valence-corrected chi connectivity index (χ3v) is 3.43. The summed E-state index contributed by atoms with van der Waals surface area (Å²) < 4.78 is 13.2. The fourth-order valence-electron chi connectivity index (χ4n) is 1.78. The first-order chi connectivity index (χ1) is 9.49. The highest BCUT2D eigenvalue weighted by Gasteiger charge is 2.13. The van der Waals surface area contributed by atoms with Gasteiger partial charge in [-0.25, -0.2) is 9.37 Å². The van der Waals surface area contributed by atoms with E-state index in [9.17, 15) is 9.18 Å². The van der Waals surface area contributed by atoms with Gasteiger partial charge in [-0.05, 0) is 26.5 Å². The van der Waals surface area contributed by atoms with Gasteiger partial charge >= 0.3 is 0 Å². The highest BCUT2D eigenvalue weighted by atomic mass is 19.1. The molecule has 0 spiro atoms. The number of halogens is 1. The van der Waals surface area contributed by atoms with Crippen LogP contribution in [-0.2, 0) is 0 Å². The molecule has 6 heteroatoms. The second-order valence-corrected chi connectivity index (χ2v) is 4.79. The lowest BCUT2D eigenvalue weighted by molar-refractivity contribution is 0.0947. The SMILES string of the molecule is CCC(C)N(C)CCNC(=O)c1cc(F)cnc1NC. The van der Waals surface area contributed by atoms with E-state index in [1.807, 2.05) is 7.05 Å². The molecule has 1 heterocycles. The van der Waals surface area contributed by atoms with Crippen molar-refractivity contribution in [2.24, 2.45) is 0 Å². The molecule has 1 aromatic heterocycles. The number of anilines is 1. The number of amides is 1. The molecule has 0 radical (unpaired) electrons. The molecule has 0 aromatic carbocycles. The lowest BCUT2D eigenvalue weighted by Gasteiger charge is -2.23. The molecule has 0 saturated carbocycles. The first-order valence-electron chi connectivity index (χ1n) is 6.81. The third kappa shape index (κ3) is 4.45. The smallest absolute Gasteiger partial charge is 0.255 e. The highest BCUT2D eigenvalue weighted by Crippen LogP contribution is 2.12. The lowest BCUT2D eigenvalue weighted by atomic mass is 10.2. The molecular formula is C14H23FN4O. The van der Waals surface area contributed by atoms with Crippen LogP contribution in [0.5, 0.6) is 0 Å².